The van der Waals surface area contributed by atoms with E-state index in [2.05, 4.69) is 47.1 Å². The second-order valence-corrected chi connectivity index (χ2v) is 6.06. The molecule has 21 heavy (non-hydrogen) atoms. The van der Waals surface area contributed by atoms with Gasteiger partial charge in [-0.3, -0.25) is 9.69 Å². The third-order valence-corrected chi connectivity index (χ3v) is 3.84. The van der Waals surface area contributed by atoms with Gasteiger partial charge in [-0.25, -0.2) is 0 Å². The molecular formula is C16H27N3O2. The van der Waals surface area contributed by atoms with Crippen LogP contribution in [0.25, 0.3) is 0 Å². The third kappa shape index (κ3) is 5.17. The molecule has 0 bridgehead atoms. The van der Waals surface area contributed by atoms with Gasteiger partial charge in [0.1, 0.15) is 0 Å². The topological polar surface area (TPSA) is 46.5 Å². The summed E-state index contributed by atoms with van der Waals surface area (Å²) in [5.74, 6) is 0.0256. The van der Waals surface area contributed by atoms with Gasteiger partial charge in [0.2, 0.25) is 5.91 Å². The van der Waals surface area contributed by atoms with Crippen LogP contribution in [0.15, 0.2) is 18.5 Å². The molecule has 0 aliphatic carbocycles. The summed E-state index contributed by atoms with van der Waals surface area (Å²) in [6.07, 6.45) is 5.47. The maximum Gasteiger partial charge on any atom is 0.216 e. The van der Waals surface area contributed by atoms with E-state index in [4.69, 9.17) is 4.74 Å². The van der Waals surface area contributed by atoms with E-state index >= 15 is 0 Å². The number of amides is 1. The first kappa shape index (κ1) is 16.0. The van der Waals surface area contributed by atoms with Crippen molar-refractivity contribution in [3.8, 4) is 0 Å². The SMILES string of the molecule is CC(=O)NCC[C@H]1CN(Cc2ccn(C(C)C)c2)CCO1. The number of morpholine rings is 1. The molecule has 5 nitrogen and oxygen atoms in total. The quantitative estimate of drug-likeness (QED) is 0.870. The van der Waals surface area contributed by atoms with Gasteiger partial charge in [-0.1, -0.05) is 0 Å². The summed E-state index contributed by atoms with van der Waals surface area (Å²) in [6, 6.07) is 2.70. The maximum atomic E-state index is 10.9. The molecule has 2 heterocycles. The van der Waals surface area contributed by atoms with Gasteiger partial charge in [0.05, 0.1) is 12.7 Å². The van der Waals surface area contributed by atoms with Crippen molar-refractivity contribution in [1.29, 1.82) is 0 Å². The highest BCUT2D eigenvalue weighted by molar-refractivity contribution is 5.72. The summed E-state index contributed by atoms with van der Waals surface area (Å²) in [5, 5.41) is 2.83. The summed E-state index contributed by atoms with van der Waals surface area (Å²) < 4.78 is 8.01. The Morgan fingerprint density at radius 3 is 3.00 bits per heavy atom. The minimum atomic E-state index is 0.0256. The fourth-order valence-corrected chi connectivity index (χ4v) is 2.64. The third-order valence-electron chi connectivity index (χ3n) is 3.84. The number of aromatic nitrogens is 1. The number of nitrogens with one attached hydrogen (secondary N) is 1. The van der Waals surface area contributed by atoms with Crippen molar-refractivity contribution in [2.24, 2.45) is 0 Å². The van der Waals surface area contributed by atoms with Crippen molar-refractivity contribution >= 4 is 5.91 Å². The van der Waals surface area contributed by atoms with E-state index < -0.39 is 0 Å². The second kappa shape index (κ2) is 7.61. The van der Waals surface area contributed by atoms with Crippen LogP contribution in [0, 0.1) is 0 Å². The summed E-state index contributed by atoms with van der Waals surface area (Å²) >= 11 is 0. The number of rotatable bonds is 6. The first-order valence-electron chi connectivity index (χ1n) is 7.79. The van der Waals surface area contributed by atoms with Crippen molar-refractivity contribution in [2.75, 3.05) is 26.2 Å². The number of ether oxygens (including phenoxy) is 1. The molecular weight excluding hydrogens is 266 g/mol. The Bertz CT molecular complexity index is 456. The van der Waals surface area contributed by atoms with E-state index in [9.17, 15) is 4.79 Å². The Labute approximate surface area is 127 Å². The Kier molecular flexibility index (Phi) is 5.82. The molecule has 1 N–H and O–H groups in total. The predicted octanol–water partition coefficient (Wildman–Crippen LogP) is 1.80. The summed E-state index contributed by atoms with van der Waals surface area (Å²) in [4.78, 5) is 13.3. The maximum absolute atomic E-state index is 10.9. The standard InChI is InChI=1S/C16H27N3O2/c1-13(2)19-7-5-15(11-19)10-18-8-9-21-16(12-18)4-6-17-14(3)20/h5,7,11,13,16H,4,6,8-10,12H2,1-3H3,(H,17,20)/t16-/m0/s1. The van der Waals surface area contributed by atoms with Crippen LogP contribution in [0.1, 0.15) is 38.8 Å². The Hall–Kier alpha value is -1.33. The van der Waals surface area contributed by atoms with E-state index in [1.165, 1.54) is 5.56 Å². The molecule has 118 valence electrons. The second-order valence-electron chi connectivity index (χ2n) is 6.06. The highest BCUT2D eigenvalue weighted by atomic mass is 16.5. The molecule has 1 amide bonds. The molecule has 0 saturated carbocycles. The minimum absolute atomic E-state index is 0.0256. The minimum Gasteiger partial charge on any atom is -0.375 e. The van der Waals surface area contributed by atoms with E-state index in [1.54, 1.807) is 6.92 Å². The average molecular weight is 293 g/mol. The molecule has 1 saturated heterocycles. The highest BCUT2D eigenvalue weighted by Gasteiger charge is 2.20. The number of hydrogen-bond donors (Lipinski definition) is 1. The fraction of sp³-hybridized carbons (Fsp3) is 0.688. The molecule has 0 spiro atoms. The lowest BCUT2D eigenvalue weighted by Gasteiger charge is -2.32. The lowest BCUT2D eigenvalue weighted by Crippen LogP contribution is -2.43. The molecule has 1 aromatic rings. The first-order valence-corrected chi connectivity index (χ1v) is 7.79. The van der Waals surface area contributed by atoms with Crippen LogP contribution in [0.2, 0.25) is 0 Å². The first-order chi connectivity index (χ1) is 10.0. The highest BCUT2D eigenvalue weighted by Crippen LogP contribution is 2.14. The average Bonchev–Trinajstić information content (AvgIpc) is 2.87. The number of carbonyl (C=O) groups excluding carboxylic acids is 1. The van der Waals surface area contributed by atoms with Crippen molar-refractivity contribution < 1.29 is 9.53 Å². The molecule has 0 aromatic carbocycles. The normalized spacial score (nSPS) is 19.9. The van der Waals surface area contributed by atoms with Gasteiger partial charge < -0.3 is 14.6 Å². The predicted molar refractivity (Wildman–Crippen MR) is 83.1 cm³/mol. The summed E-state index contributed by atoms with van der Waals surface area (Å²) in [5.41, 5.74) is 1.35. The van der Waals surface area contributed by atoms with E-state index in [1.807, 2.05) is 0 Å². The molecule has 1 fully saturated rings. The van der Waals surface area contributed by atoms with E-state index in [0.29, 0.717) is 12.6 Å². The summed E-state index contributed by atoms with van der Waals surface area (Å²) in [6.45, 7) is 10.3. The van der Waals surface area contributed by atoms with Crippen LogP contribution in [0.4, 0.5) is 0 Å². The Balaban J connectivity index is 1.79. The molecule has 1 aliphatic rings. The van der Waals surface area contributed by atoms with Gasteiger partial charge in [-0.2, -0.15) is 0 Å². The zero-order chi connectivity index (χ0) is 15.2. The van der Waals surface area contributed by atoms with Gasteiger partial charge in [0.25, 0.3) is 0 Å². The van der Waals surface area contributed by atoms with Gasteiger partial charge >= 0.3 is 0 Å². The van der Waals surface area contributed by atoms with Crippen LogP contribution >= 0.6 is 0 Å². The van der Waals surface area contributed by atoms with Crippen LogP contribution in [-0.2, 0) is 16.1 Å². The van der Waals surface area contributed by atoms with E-state index in [0.717, 1.165) is 32.7 Å². The zero-order valence-corrected chi connectivity index (χ0v) is 13.3. The molecule has 1 aliphatic heterocycles. The Morgan fingerprint density at radius 2 is 2.33 bits per heavy atom. The monoisotopic (exact) mass is 293 g/mol. The van der Waals surface area contributed by atoms with Crippen LogP contribution in [0.5, 0.6) is 0 Å². The van der Waals surface area contributed by atoms with Gasteiger partial charge in [0, 0.05) is 51.5 Å². The molecule has 5 heteroatoms. The van der Waals surface area contributed by atoms with Crippen LogP contribution < -0.4 is 5.32 Å². The molecule has 1 atom stereocenters. The Morgan fingerprint density at radius 1 is 1.52 bits per heavy atom. The van der Waals surface area contributed by atoms with Gasteiger partial charge in [-0.15, -0.1) is 0 Å². The lowest BCUT2D eigenvalue weighted by molar-refractivity contribution is -0.119. The van der Waals surface area contributed by atoms with Crippen LogP contribution in [0.3, 0.4) is 0 Å². The van der Waals surface area contributed by atoms with Crippen molar-refractivity contribution in [1.82, 2.24) is 14.8 Å². The van der Waals surface area contributed by atoms with Gasteiger partial charge in [0.15, 0.2) is 0 Å². The number of nitrogens with zero attached hydrogens (tertiary/aromatic N) is 2. The van der Waals surface area contributed by atoms with Crippen molar-refractivity contribution in [3.05, 3.63) is 24.0 Å². The smallest absolute Gasteiger partial charge is 0.216 e. The number of hydrogen-bond acceptors (Lipinski definition) is 3. The largest absolute Gasteiger partial charge is 0.375 e. The summed E-state index contributed by atoms with van der Waals surface area (Å²) in [7, 11) is 0. The van der Waals surface area contributed by atoms with Crippen molar-refractivity contribution in [2.45, 2.75) is 45.9 Å². The fourth-order valence-electron chi connectivity index (χ4n) is 2.64. The molecule has 1 aromatic heterocycles. The van der Waals surface area contributed by atoms with Gasteiger partial charge in [-0.05, 0) is 31.9 Å². The molecule has 0 radical (unpaired) electrons. The van der Waals surface area contributed by atoms with Crippen LogP contribution in [-0.4, -0.2) is 47.7 Å². The number of carbonyl (C=O) groups is 1. The lowest BCUT2D eigenvalue weighted by atomic mass is 10.2. The van der Waals surface area contributed by atoms with Crippen molar-refractivity contribution in [3.63, 3.8) is 0 Å². The molecule has 2 rings (SSSR count). The molecule has 0 unspecified atom stereocenters. The zero-order valence-electron chi connectivity index (χ0n) is 13.3. The van der Waals surface area contributed by atoms with E-state index in [-0.39, 0.29) is 12.0 Å².